The summed E-state index contributed by atoms with van der Waals surface area (Å²) in [6.45, 7) is 5.21. The van der Waals surface area contributed by atoms with E-state index in [4.69, 9.17) is 5.73 Å². The Kier molecular flexibility index (Phi) is 4.78. The lowest BCUT2D eigenvalue weighted by Crippen LogP contribution is -2.40. The Morgan fingerprint density at radius 1 is 1.33 bits per heavy atom. The average molecular weight is 311 g/mol. The van der Waals surface area contributed by atoms with Crippen molar-refractivity contribution in [2.24, 2.45) is 0 Å². The lowest BCUT2D eigenvalue weighted by molar-refractivity contribution is 0.328. The second-order valence-corrected chi connectivity index (χ2v) is 7.88. The van der Waals surface area contributed by atoms with Crippen molar-refractivity contribution >= 4 is 21.2 Å². The second kappa shape index (κ2) is 6.23. The molecule has 6 heteroatoms. The van der Waals surface area contributed by atoms with Gasteiger partial charge in [0.2, 0.25) is 0 Å². The predicted molar refractivity (Wildman–Crippen MR) is 87.5 cm³/mol. The third kappa shape index (κ3) is 3.68. The first-order valence-electron chi connectivity index (χ1n) is 7.37. The third-order valence-corrected chi connectivity index (χ3v) is 5.22. The minimum Gasteiger partial charge on any atom is -0.397 e. The van der Waals surface area contributed by atoms with Crippen LogP contribution in [0.15, 0.2) is 23.1 Å². The van der Waals surface area contributed by atoms with Crippen LogP contribution in [0.4, 0.5) is 11.4 Å². The maximum Gasteiger partial charge on any atom is 0.175 e. The van der Waals surface area contributed by atoms with Crippen LogP contribution >= 0.6 is 0 Å². The maximum atomic E-state index is 11.6. The first-order chi connectivity index (χ1) is 9.82. The molecule has 0 spiro atoms. The molecular formula is C15H25N3O2S. The van der Waals surface area contributed by atoms with E-state index in [1.165, 1.54) is 6.26 Å². The summed E-state index contributed by atoms with van der Waals surface area (Å²) in [5.74, 6) is 0. The summed E-state index contributed by atoms with van der Waals surface area (Å²) in [6.07, 6.45) is 3.33. The van der Waals surface area contributed by atoms with Crippen LogP contribution < -0.4 is 10.6 Å². The lowest BCUT2D eigenvalue weighted by atomic mass is 10.1. The van der Waals surface area contributed by atoms with Gasteiger partial charge in [-0.15, -0.1) is 0 Å². The molecule has 1 aliphatic rings. The minimum atomic E-state index is -3.21. The Balaban J connectivity index is 2.35. The highest BCUT2D eigenvalue weighted by Gasteiger charge is 2.24. The molecule has 1 saturated heterocycles. The smallest absolute Gasteiger partial charge is 0.175 e. The van der Waals surface area contributed by atoms with Crippen LogP contribution in [0.3, 0.4) is 0 Å². The topological polar surface area (TPSA) is 66.6 Å². The van der Waals surface area contributed by atoms with E-state index in [0.29, 0.717) is 11.7 Å². The zero-order chi connectivity index (χ0) is 15.6. The highest BCUT2D eigenvalue weighted by molar-refractivity contribution is 7.90. The number of hydrogen-bond donors (Lipinski definition) is 1. The number of rotatable bonds is 3. The molecule has 0 aliphatic carbocycles. The fraction of sp³-hybridized carbons (Fsp3) is 0.600. The van der Waals surface area contributed by atoms with Crippen LogP contribution in [-0.4, -0.2) is 52.3 Å². The number of sulfone groups is 1. The van der Waals surface area contributed by atoms with Crippen LogP contribution in [0.25, 0.3) is 0 Å². The van der Waals surface area contributed by atoms with Crippen molar-refractivity contribution < 1.29 is 8.42 Å². The van der Waals surface area contributed by atoms with Gasteiger partial charge < -0.3 is 15.5 Å². The van der Waals surface area contributed by atoms with Gasteiger partial charge in [0.05, 0.1) is 16.3 Å². The van der Waals surface area contributed by atoms with E-state index in [9.17, 15) is 8.42 Å². The van der Waals surface area contributed by atoms with Crippen molar-refractivity contribution in [3.05, 3.63) is 18.2 Å². The monoisotopic (exact) mass is 311 g/mol. The Bertz CT molecular complexity index is 601. The van der Waals surface area contributed by atoms with E-state index in [1.807, 2.05) is 6.07 Å². The molecule has 1 aromatic carbocycles. The molecule has 1 fully saturated rings. The fourth-order valence-electron chi connectivity index (χ4n) is 2.93. The quantitative estimate of drug-likeness (QED) is 0.859. The predicted octanol–water partition coefficient (Wildman–Crippen LogP) is 1.59. The molecular weight excluding hydrogens is 286 g/mol. The Morgan fingerprint density at radius 2 is 2.05 bits per heavy atom. The summed E-state index contributed by atoms with van der Waals surface area (Å²) >= 11 is 0. The van der Waals surface area contributed by atoms with Crippen molar-refractivity contribution in [2.45, 2.75) is 30.7 Å². The number of hydrogen-bond acceptors (Lipinski definition) is 5. The van der Waals surface area contributed by atoms with E-state index >= 15 is 0 Å². The molecule has 0 aromatic heterocycles. The summed E-state index contributed by atoms with van der Waals surface area (Å²) in [5.41, 5.74) is 7.62. The molecule has 5 nitrogen and oxygen atoms in total. The lowest BCUT2D eigenvalue weighted by Gasteiger charge is -2.33. The summed E-state index contributed by atoms with van der Waals surface area (Å²) in [7, 11) is -1.07. The Labute approximate surface area is 127 Å². The van der Waals surface area contributed by atoms with E-state index in [2.05, 4.69) is 23.8 Å². The van der Waals surface area contributed by atoms with Gasteiger partial charge in [-0.1, -0.05) is 6.92 Å². The molecule has 0 bridgehead atoms. The standard InChI is InChI=1S/C15H25N3O2S/c1-4-12-11-17(2)8-5-9-18(12)15-7-6-13(10-14(15)16)21(3,19)20/h6-7,10,12H,4-5,8-9,11,16H2,1-3H3. The van der Waals surface area contributed by atoms with Gasteiger partial charge in [0, 0.05) is 25.4 Å². The van der Waals surface area contributed by atoms with E-state index in [0.717, 1.165) is 38.2 Å². The molecule has 2 N–H and O–H groups in total. The van der Waals surface area contributed by atoms with Crippen LogP contribution in [0.1, 0.15) is 19.8 Å². The molecule has 0 amide bonds. The van der Waals surface area contributed by atoms with E-state index in [-0.39, 0.29) is 4.90 Å². The van der Waals surface area contributed by atoms with Gasteiger partial charge in [0.25, 0.3) is 0 Å². The number of nitrogens with zero attached hydrogens (tertiary/aromatic N) is 2. The van der Waals surface area contributed by atoms with Gasteiger partial charge in [-0.05, 0) is 44.6 Å². The van der Waals surface area contributed by atoms with Gasteiger partial charge in [0.15, 0.2) is 9.84 Å². The van der Waals surface area contributed by atoms with E-state index < -0.39 is 9.84 Å². The summed E-state index contributed by atoms with van der Waals surface area (Å²) < 4.78 is 23.2. The Hall–Kier alpha value is -1.27. The van der Waals surface area contributed by atoms with Gasteiger partial charge in [-0.25, -0.2) is 8.42 Å². The zero-order valence-electron chi connectivity index (χ0n) is 13.0. The zero-order valence-corrected chi connectivity index (χ0v) is 13.9. The van der Waals surface area contributed by atoms with Crippen LogP contribution in [0, 0.1) is 0 Å². The molecule has 1 heterocycles. The molecule has 118 valence electrons. The van der Waals surface area contributed by atoms with Crippen molar-refractivity contribution in [3.63, 3.8) is 0 Å². The summed E-state index contributed by atoms with van der Waals surface area (Å²) in [4.78, 5) is 4.95. The first kappa shape index (κ1) is 16.1. The van der Waals surface area contributed by atoms with Crippen LogP contribution in [0.5, 0.6) is 0 Å². The van der Waals surface area contributed by atoms with Gasteiger partial charge in [0.1, 0.15) is 0 Å². The van der Waals surface area contributed by atoms with Gasteiger partial charge in [-0.2, -0.15) is 0 Å². The Morgan fingerprint density at radius 3 is 2.62 bits per heavy atom. The molecule has 0 radical (unpaired) electrons. The van der Waals surface area contributed by atoms with Crippen LogP contribution in [-0.2, 0) is 9.84 Å². The molecule has 1 atom stereocenters. The summed E-state index contributed by atoms with van der Waals surface area (Å²) in [5, 5.41) is 0. The number of benzene rings is 1. The number of anilines is 2. The second-order valence-electron chi connectivity index (χ2n) is 5.86. The first-order valence-corrected chi connectivity index (χ1v) is 9.27. The third-order valence-electron chi connectivity index (χ3n) is 4.11. The maximum absolute atomic E-state index is 11.6. The average Bonchev–Trinajstić information content (AvgIpc) is 2.59. The van der Waals surface area contributed by atoms with Crippen molar-refractivity contribution in [2.75, 3.05) is 43.6 Å². The minimum absolute atomic E-state index is 0.281. The number of likely N-dealkylation sites (N-methyl/N-ethyl adjacent to an activating group) is 1. The highest BCUT2D eigenvalue weighted by Crippen LogP contribution is 2.30. The van der Waals surface area contributed by atoms with Gasteiger partial charge >= 0.3 is 0 Å². The van der Waals surface area contributed by atoms with Crippen molar-refractivity contribution in [1.29, 1.82) is 0 Å². The molecule has 0 saturated carbocycles. The fourth-order valence-corrected chi connectivity index (χ4v) is 3.59. The summed E-state index contributed by atoms with van der Waals surface area (Å²) in [6, 6.07) is 5.48. The number of nitrogen functional groups attached to an aromatic ring is 1. The normalized spacial score (nSPS) is 21.3. The van der Waals surface area contributed by atoms with Gasteiger partial charge in [-0.3, -0.25) is 0 Å². The molecule has 2 rings (SSSR count). The highest BCUT2D eigenvalue weighted by atomic mass is 32.2. The SMILES string of the molecule is CCC1CN(C)CCCN1c1ccc(S(C)(=O)=O)cc1N. The van der Waals surface area contributed by atoms with Crippen LogP contribution in [0.2, 0.25) is 0 Å². The van der Waals surface area contributed by atoms with Crippen molar-refractivity contribution in [1.82, 2.24) is 4.90 Å². The molecule has 1 unspecified atom stereocenters. The van der Waals surface area contributed by atoms with E-state index in [1.54, 1.807) is 12.1 Å². The number of nitrogens with two attached hydrogens (primary N) is 1. The molecule has 1 aliphatic heterocycles. The largest absolute Gasteiger partial charge is 0.397 e. The molecule has 1 aromatic rings. The van der Waals surface area contributed by atoms with Crippen molar-refractivity contribution in [3.8, 4) is 0 Å². The molecule has 21 heavy (non-hydrogen) atoms.